The molecule has 0 saturated heterocycles. The molecule has 0 saturated carbocycles. The Bertz CT molecular complexity index is 361. The second-order valence-corrected chi connectivity index (χ2v) is 2.85. The molecule has 0 aliphatic carbocycles. The van der Waals surface area contributed by atoms with Crippen molar-refractivity contribution in [3.63, 3.8) is 0 Å². The van der Waals surface area contributed by atoms with Crippen molar-refractivity contribution in [3.05, 3.63) is 28.3 Å². The minimum absolute atomic E-state index is 0.0978. The van der Waals surface area contributed by atoms with Crippen LogP contribution in [0.25, 0.3) is 10.4 Å². The zero-order chi connectivity index (χ0) is 9.84. The van der Waals surface area contributed by atoms with E-state index in [0.717, 1.165) is 0 Å². The number of hydrogen-bond acceptors (Lipinski definition) is 3. The molecular weight excluding hydrogens is 170 g/mol. The number of ketones is 1. The van der Waals surface area contributed by atoms with Gasteiger partial charge in [0.05, 0.1) is 0 Å². The Kier molecular flexibility index (Phi) is 2.72. The summed E-state index contributed by atoms with van der Waals surface area (Å²) in [6, 6.07) is 2.97. The first kappa shape index (κ1) is 9.35. The molecular formula is C8H9N3O2. The van der Waals surface area contributed by atoms with E-state index in [-0.39, 0.29) is 23.3 Å². The highest BCUT2D eigenvalue weighted by Gasteiger charge is 2.13. The Morgan fingerprint density at radius 2 is 2.31 bits per heavy atom. The number of carbonyl (C=O) groups is 1. The van der Waals surface area contributed by atoms with Gasteiger partial charge >= 0.3 is 0 Å². The number of hydrogen-bond donors (Lipinski definition) is 0. The normalized spacial score (nSPS) is 9.77. The van der Waals surface area contributed by atoms with Gasteiger partial charge < -0.3 is 4.42 Å². The molecule has 68 valence electrons. The zero-order valence-corrected chi connectivity index (χ0v) is 7.39. The van der Waals surface area contributed by atoms with Crippen LogP contribution in [0.15, 0.2) is 21.7 Å². The highest BCUT2D eigenvalue weighted by Crippen LogP contribution is 2.19. The van der Waals surface area contributed by atoms with Crippen molar-refractivity contribution in [3.8, 4) is 0 Å². The minimum Gasteiger partial charge on any atom is -0.451 e. The second-order valence-electron chi connectivity index (χ2n) is 2.85. The van der Waals surface area contributed by atoms with E-state index in [1.807, 2.05) is 0 Å². The van der Waals surface area contributed by atoms with Crippen LogP contribution in [-0.2, 0) is 0 Å². The smallest absolute Gasteiger partial charge is 0.200 e. The van der Waals surface area contributed by atoms with Gasteiger partial charge in [0.25, 0.3) is 0 Å². The summed E-state index contributed by atoms with van der Waals surface area (Å²) < 4.78 is 4.98. The topological polar surface area (TPSA) is 79.0 Å². The van der Waals surface area contributed by atoms with Gasteiger partial charge in [-0.05, 0) is 22.8 Å². The number of azide groups is 1. The van der Waals surface area contributed by atoms with Crippen LogP contribution in [-0.4, -0.2) is 5.78 Å². The van der Waals surface area contributed by atoms with Gasteiger partial charge in [0.2, 0.25) is 5.78 Å². The fourth-order valence-electron chi connectivity index (χ4n) is 0.842. The number of furan rings is 1. The number of carbonyl (C=O) groups excluding carboxylic acids is 1. The predicted octanol–water partition coefficient (Wildman–Crippen LogP) is 3.06. The quantitative estimate of drug-likeness (QED) is 0.309. The van der Waals surface area contributed by atoms with E-state index in [0.29, 0.717) is 0 Å². The lowest BCUT2D eigenvalue weighted by atomic mass is 10.1. The van der Waals surface area contributed by atoms with E-state index in [9.17, 15) is 4.79 Å². The second kappa shape index (κ2) is 3.78. The van der Waals surface area contributed by atoms with Crippen LogP contribution in [0.4, 0.5) is 5.88 Å². The van der Waals surface area contributed by atoms with E-state index < -0.39 is 0 Å². The maximum atomic E-state index is 11.3. The average molecular weight is 179 g/mol. The molecule has 13 heavy (non-hydrogen) atoms. The van der Waals surface area contributed by atoms with Crippen molar-refractivity contribution in [2.24, 2.45) is 11.0 Å². The zero-order valence-electron chi connectivity index (χ0n) is 7.39. The van der Waals surface area contributed by atoms with Crippen LogP contribution in [0.5, 0.6) is 0 Å². The molecule has 5 heteroatoms. The van der Waals surface area contributed by atoms with Crippen LogP contribution in [0.1, 0.15) is 24.4 Å². The Hall–Kier alpha value is -1.74. The van der Waals surface area contributed by atoms with Crippen LogP contribution < -0.4 is 0 Å². The molecule has 0 fully saturated rings. The van der Waals surface area contributed by atoms with Crippen LogP contribution in [0.2, 0.25) is 0 Å². The third-order valence-corrected chi connectivity index (χ3v) is 1.50. The molecule has 0 unspecified atom stereocenters. The molecule has 0 aliphatic heterocycles. The highest BCUT2D eigenvalue weighted by atomic mass is 16.4. The van der Waals surface area contributed by atoms with E-state index >= 15 is 0 Å². The molecule has 0 aliphatic rings. The van der Waals surface area contributed by atoms with Crippen molar-refractivity contribution in [1.29, 1.82) is 0 Å². The summed E-state index contributed by atoms with van der Waals surface area (Å²) >= 11 is 0. The summed E-state index contributed by atoms with van der Waals surface area (Å²) in [4.78, 5) is 13.9. The summed E-state index contributed by atoms with van der Waals surface area (Å²) in [7, 11) is 0. The molecule has 0 atom stereocenters. The highest BCUT2D eigenvalue weighted by molar-refractivity contribution is 5.95. The van der Waals surface area contributed by atoms with Crippen molar-refractivity contribution in [2.75, 3.05) is 0 Å². The first-order valence-electron chi connectivity index (χ1n) is 3.84. The first-order chi connectivity index (χ1) is 6.15. The third kappa shape index (κ3) is 2.10. The van der Waals surface area contributed by atoms with Gasteiger partial charge in [-0.15, -0.1) is 0 Å². The van der Waals surface area contributed by atoms with Crippen LogP contribution >= 0.6 is 0 Å². The average Bonchev–Trinajstić information content (AvgIpc) is 2.52. The fourth-order valence-corrected chi connectivity index (χ4v) is 0.842. The largest absolute Gasteiger partial charge is 0.451 e. The Balaban J connectivity index is 2.91. The van der Waals surface area contributed by atoms with Crippen LogP contribution in [0.3, 0.4) is 0 Å². The molecule has 0 spiro atoms. The summed E-state index contributed by atoms with van der Waals surface area (Å²) in [5.74, 6) is 0.133. The summed E-state index contributed by atoms with van der Waals surface area (Å²) in [6.45, 7) is 3.55. The Labute approximate surface area is 75.0 Å². The number of Topliss-reactive ketones (excluding diaryl/α,β-unsaturated/α-hetero) is 1. The third-order valence-electron chi connectivity index (χ3n) is 1.50. The molecule has 1 aromatic heterocycles. The molecule has 0 bridgehead atoms. The number of nitrogens with zero attached hydrogens (tertiary/aromatic N) is 3. The molecule has 0 aromatic carbocycles. The van der Waals surface area contributed by atoms with E-state index in [4.69, 9.17) is 9.95 Å². The van der Waals surface area contributed by atoms with Gasteiger partial charge in [0.1, 0.15) is 0 Å². The van der Waals surface area contributed by atoms with E-state index in [2.05, 4.69) is 10.0 Å². The lowest BCUT2D eigenvalue weighted by molar-refractivity contribution is 0.0912. The maximum Gasteiger partial charge on any atom is 0.200 e. The molecule has 5 nitrogen and oxygen atoms in total. The summed E-state index contributed by atoms with van der Waals surface area (Å²) in [5.41, 5.74) is 8.09. The van der Waals surface area contributed by atoms with E-state index in [1.165, 1.54) is 12.1 Å². The molecule has 0 amide bonds. The van der Waals surface area contributed by atoms with Crippen LogP contribution in [0, 0.1) is 5.92 Å². The van der Waals surface area contributed by atoms with Crippen molar-refractivity contribution < 1.29 is 9.21 Å². The van der Waals surface area contributed by atoms with Gasteiger partial charge in [-0.3, -0.25) is 4.79 Å². The fraction of sp³-hybridized carbons (Fsp3) is 0.375. The van der Waals surface area contributed by atoms with Crippen molar-refractivity contribution >= 4 is 11.7 Å². The van der Waals surface area contributed by atoms with E-state index in [1.54, 1.807) is 13.8 Å². The molecule has 0 radical (unpaired) electrons. The van der Waals surface area contributed by atoms with Crippen molar-refractivity contribution in [1.82, 2.24) is 0 Å². The molecule has 1 aromatic rings. The monoisotopic (exact) mass is 179 g/mol. The molecule has 1 rings (SSSR count). The molecule has 0 N–H and O–H groups in total. The maximum absolute atomic E-state index is 11.3. The van der Waals surface area contributed by atoms with Gasteiger partial charge in [-0.25, -0.2) is 0 Å². The molecule has 1 heterocycles. The lowest BCUT2D eigenvalue weighted by Crippen LogP contribution is -2.05. The summed E-state index contributed by atoms with van der Waals surface area (Å²) in [6.07, 6.45) is 0. The summed E-state index contributed by atoms with van der Waals surface area (Å²) in [5, 5.41) is 3.23. The van der Waals surface area contributed by atoms with Crippen molar-refractivity contribution in [2.45, 2.75) is 13.8 Å². The van der Waals surface area contributed by atoms with Gasteiger partial charge in [-0.1, -0.05) is 13.8 Å². The van der Waals surface area contributed by atoms with Gasteiger partial charge in [0.15, 0.2) is 11.6 Å². The standard InChI is InChI=1S/C8H9N3O2/c1-5(2)8(12)6-3-4-7(13-6)10-11-9/h3-5H,1-2H3. The minimum atomic E-state index is -0.120. The van der Waals surface area contributed by atoms with Gasteiger partial charge in [0, 0.05) is 10.8 Å². The first-order valence-corrected chi connectivity index (χ1v) is 3.84. The van der Waals surface area contributed by atoms with Gasteiger partial charge in [-0.2, -0.15) is 0 Å². The lowest BCUT2D eigenvalue weighted by Gasteiger charge is -1.98. The predicted molar refractivity (Wildman–Crippen MR) is 46.7 cm³/mol. The Morgan fingerprint density at radius 1 is 1.62 bits per heavy atom. The SMILES string of the molecule is CC(C)C(=O)c1ccc(N=[N+]=[N-])o1. The number of rotatable bonds is 3. The Morgan fingerprint density at radius 3 is 2.85 bits per heavy atom.